The third kappa shape index (κ3) is 2.58. The first-order valence-electron chi connectivity index (χ1n) is 5.38. The number of hydrogen-bond acceptors (Lipinski definition) is 4. The molecule has 0 fully saturated rings. The van der Waals surface area contributed by atoms with E-state index in [9.17, 15) is 0 Å². The molecule has 1 N–H and O–H groups in total. The molecular formula is C12H14ClN3O. The number of aromatic nitrogens is 2. The summed E-state index contributed by atoms with van der Waals surface area (Å²) in [5.41, 5.74) is 1.10. The van der Waals surface area contributed by atoms with Gasteiger partial charge in [0, 0.05) is 18.0 Å². The fourth-order valence-corrected chi connectivity index (χ4v) is 1.94. The van der Waals surface area contributed by atoms with Gasteiger partial charge in [-0.25, -0.2) is 9.97 Å². The summed E-state index contributed by atoms with van der Waals surface area (Å²) in [6, 6.07) is 2.08. The van der Waals surface area contributed by atoms with Crippen LogP contribution < -0.4 is 5.32 Å². The van der Waals surface area contributed by atoms with Gasteiger partial charge in [-0.05, 0) is 26.8 Å². The van der Waals surface area contributed by atoms with Crippen molar-refractivity contribution in [3.63, 3.8) is 0 Å². The van der Waals surface area contributed by atoms with Gasteiger partial charge >= 0.3 is 0 Å². The number of rotatable bonds is 3. The summed E-state index contributed by atoms with van der Waals surface area (Å²) in [6.45, 7) is 5.90. The Kier molecular flexibility index (Phi) is 3.33. The largest absolute Gasteiger partial charge is 0.466 e. The fraction of sp³-hybridized carbons (Fsp3) is 0.333. The molecule has 90 valence electrons. The lowest BCUT2D eigenvalue weighted by molar-refractivity contribution is 0.499. The van der Waals surface area contributed by atoms with Crippen molar-refractivity contribution in [2.24, 2.45) is 0 Å². The Bertz CT molecular complexity index is 524. The molecule has 0 aliphatic rings. The minimum absolute atomic E-state index is 0.0710. The van der Waals surface area contributed by atoms with Gasteiger partial charge in [0.25, 0.3) is 0 Å². The number of anilines is 1. The molecule has 0 aliphatic carbocycles. The van der Waals surface area contributed by atoms with E-state index in [2.05, 4.69) is 15.3 Å². The number of furan rings is 1. The third-order valence-electron chi connectivity index (χ3n) is 2.55. The Hall–Kier alpha value is -1.55. The lowest BCUT2D eigenvalue weighted by Crippen LogP contribution is -2.08. The van der Waals surface area contributed by atoms with Gasteiger partial charge in [-0.3, -0.25) is 0 Å². The van der Waals surface area contributed by atoms with Crippen LogP contribution in [0.3, 0.4) is 0 Å². The lowest BCUT2D eigenvalue weighted by Gasteiger charge is -2.14. The Morgan fingerprint density at radius 1 is 1.29 bits per heavy atom. The van der Waals surface area contributed by atoms with Crippen molar-refractivity contribution in [2.45, 2.75) is 26.8 Å². The molecule has 2 aromatic heterocycles. The van der Waals surface area contributed by atoms with Crippen LogP contribution in [0.25, 0.3) is 0 Å². The van der Waals surface area contributed by atoms with Crippen LogP contribution in [-0.2, 0) is 0 Å². The highest BCUT2D eigenvalue weighted by Crippen LogP contribution is 2.26. The molecule has 5 heteroatoms. The number of hydrogen-bond donors (Lipinski definition) is 1. The van der Waals surface area contributed by atoms with Crippen molar-refractivity contribution in [2.75, 3.05) is 5.32 Å². The minimum atomic E-state index is 0.0710. The monoisotopic (exact) mass is 251 g/mol. The summed E-state index contributed by atoms with van der Waals surface area (Å²) >= 11 is 5.94. The van der Waals surface area contributed by atoms with E-state index in [1.807, 2.05) is 26.8 Å². The number of aryl methyl sites for hydroxylation is 2. The Morgan fingerprint density at radius 2 is 2.00 bits per heavy atom. The topological polar surface area (TPSA) is 51.0 Å². The summed E-state index contributed by atoms with van der Waals surface area (Å²) in [4.78, 5) is 8.11. The maximum absolute atomic E-state index is 5.94. The SMILES string of the molecule is Cc1cc(C(C)Nc2nccnc2Cl)c(C)o1. The van der Waals surface area contributed by atoms with Crippen LogP contribution in [0.2, 0.25) is 5.15 Å². The van der Waals surface area contributed by atoms with Crippen LogP contribution in [0.4, 0.5) is 5.82 Å². The van der Waals surface area contributed by atoms with Gasteiger partial charge in [0.1, 0.15) is 11.5 Å². The summed E-state index contributed by atoms with van der Waals surface area (Å²) in [6.07, 6.45) is 3.17. The molecule has 0 aromatic carbocycles. The third-order valence-corrected chi connectivity index (χ3v) is 2.83. The highest BCUT2D eigenvalue weighted by molar-refractivity contribution is 6.31. The van der Waals surface area contributed by atoms with E-state index in [0.717, 1.165) is 17.1 Å². The van der Waals surface area contributed by atoms with E-state index in [0.29, 0.717) is 11.0 Å². The van der Waals surface area contributed by atoms with Gasteiger partial charge < -0.3 is 9.73 Å². The van der Waals surface area contributed by atoms with Gasteiger partial charge in [0.2, 0.25) is 0 Å². The predicted octanol–water partition coefficient (Wildman–Crippen LogP) is 3.51. The summed E-state index contributed by atoms with van der Waals surface area (Å²) in [5.74, 6) is 2.39. The molecule has 1 unspecified atom stereocenters. The maximum atomic E-state index is 5.94. The molecule has 1 atom stereocenters. The Labute approximate surface area is 105 Å². The quantitative estimate of drug-likeness (QED) is 0.907. The summed E-state index contributed by atoms with van der Waals surface area (Å²) < 4.78 is 5.49. The molecule has 0 aliphatic heterocycles. The molecule has 4 nitrogen and oxygen atoms in total. The van der Waals surface area contributed by atoms with Crippen LogP contribution in [0.15, 0.2) is 22.9 Å². The smallest absolute Gasteiger partial charge is 0.171 e. The van der Waals surface area contributed by atoms with E-state index in [4.69, 9.17) is 16.0 Å². The van der Waals surface area contributed by atoms with Crippen molar-refractivity contribution in [3.8, 4) is 0 Å². The first kappa shape index (κ1) is 11.9. The van der Waals surface area contributed by atoms with Crippen molar-refractivity contribution in [3.05, 3.63) is 40.7 Å². The molecule has 2 rings (SSSR count). The van der Waals surface area contributed by atoms with Crippen LogP contribution in [-0.4, -0.2) is 9.97 Å². The first-order chi connectivity index (χ1) is 8.08. The van der Waals surface area contributed by atoms with Gasteiger partial charge in [0.15, 0.2) is 11.0 Å². The molecule has 0 radical (unpaired) electrons. The van der Waals surface area contributed by atoms with Crippen molar-refractivity contribution < 1.29 is 4.42 Å². The lowest BCUT2D eigenvalue weighted by atomic mass is 10.1. The zero-order valence-corrected chi connectivity index (χ0v) is 10.7. The van der Waals surface area contributed by atoms with Crippen LogP contribution in [0.1, 0.15) is 30.0 Å². The van der Waals surface area contributed by atoms with Crippen LogP contribution >= 0.6 is 11.6 Å². The van der Waals surface area contributed by atoms with E-state index in [-0.39, 0.29) is 6.04 Å². The zero-order valence-electron chi connectivity index (χ0n) is 9.99. The first-order valence-corrected chi connectivity index (χ1v) is 5.75. The fourth-order valence-electron chi connectivity index (χ4n) is 1.78. The van der Waals surface area contributed by atoms with Crippen LogP contribution in [0.5, 0.6) is 0 Å². The number of nitrogens with zero attached hydrogens (tertiary/aromatic N) is 2. The van der Waals surface area contributed by atoms with Gasteiger partial charge in [-0.15, -0.1) is 0 Å². The average Bonchev–Trinajstić information content (AvgIpc) is 2.61. The molecule has 0 amide bonds. The molecule has 2 heterocycles. The number of nitrogens with one attached hydrogen (secondary N) is 1. The van der Waals surface area contributed by atoms with Crippen molar-refractivity contribution >= 4 is 17.4 Å². The molecule has 17 heavy (non-hydrogen) atoms. The predicted molar refractivity (Wildman–Crippen MR) is 67.3 cm³/mol. The molecule has 0 saturated carbocycles. The second-order valence-electron chi connectivity index (χ2n) is 3.93. The van der Waals surface area contributed by atoms with Crippen molar-refractivity contribution in [1.29, 1.82) is 0 Å². The van der Waals surface area contributed by atoms with E-state index >= 15 is 0 Å². The van der Waals surface area contributed by atoms with E-state index < -0.39 is 0 Å². The molecule has 0 spiro atoms. The zero-order chi connectivity index (χ0) is 12.4. The maximum Gasteiger partial charge on any atom is 0.171 e. The Morgan fingerprint density at radius 3 is 2.59 bits per heavy atom. The highest BCUT2D eigenvalue weighted by Gasteiger charge is 2.14. The second-order valence-corrected chi connectivity index (χ2v) is 4.29. The minimum Gasteiger partial charge on any atom is -0.466 e. The van der Waals surface area contributed by atoms with Gasteiger partial charge in [-0.2, -0.15) is 0 Å². The second kappa shape index (κ2) is 4.75. The average molecular weight is 252 g/mol. The number of halogens is 1. The summed E-state index contributed by atoms with van der Waals surface area (Å²) in [5, 5.41) is 3.59. The van der Waals surface area contributed by atoms with Gasteiger partial charge in [0.05, 0.1) is 6.04 Å². The van der Waals surface area contributed by atoms with Crippen molar-refractivity contribution in [1.82, 2.24) is 9.97 Å². The van der Waals surface area contributed by atoms with Gasteiger partial charge in [-0.1, -0.05) is 11.6 Å². The van der Waals surface area contributed by atoms with Crippen LogP contribution in [0, 0.1) is 13.8 Å². The Balaban J connectivity index is 2.20. The molecule has 0 bridgehead atoms. The summed E-state index contributed by atoms with van der Waals surface area (Å²) in [7, 11) is 0. The molecular weight excluding hydrogens is 238 g/mol. The normalized spacial score (nSPS) is 12.5. The molecule has 0 saturated heterocycles. The van der Waals surface area contributed by atoms with E-state index in [1.165, 1.54) is 0 Å². The highest BCUT2D eigenvalue weighted by atomic mass is 35.5. The molecule has 2 aromatic rings. The standard InChI is InChI=1S/C12H14ClN3O/c1-7-6-10(9(3)17-7)8(2)16-12-11(13)14-4-5-15-12/h4-6,8H,1-3H3,(H,15,16). The van der Waals surface area contributed by atoms with E-state index in [1.54, 1.807) is 12.4 Å².